The fraction of sp³-hybridized carbons (Fsp3) is 0.594. The predicted octanol–water partition coefficient (Wildman–Crippen LogP) is 3.32. The molecule has 0 radical (unpaired) electrons. The molecule has 0 saturated carbocycles. The summed E-state index contributed by atoms with van der Waals surface area (Å²) in [7, 11) is 0. The molecule has 9 heteroatoms. The van der Waals surface area contributed by atoms with Crippen LogP contribution < -0.4 is 9.64 Å². The van der Waals surface area contributed by atoms with Crippen LogP contribution in [0.2, 0.25) is 0 Å². The van der Waals surface area contributed by atoms with E-state index in [1.807, 2.05) is 83.2 Å². The van der Waals surface area contributed by atoms with Gasteiger partial charge in [-0.05, 0) is 78.1 Å². The van der Waals surface area contributed by atoms with Gasteiger partial charge in [-0.15, -0.1) is 0 Å². The first-order valence-electron chi connectivity index (χ1n) is 14.8. The van der Waals surface area contributed by atoms with E-state index >= 15 is 0 Å². The lowest BCUT2D eigenvalue weighted by Gasteiger charge is -2.41. The highest BCUT2D eigenvalue weighted by Gasteiger charge is 2.74. The van der Waals surface area contributed by atoms with E-state index in [0.29, 0.717) is 44.8 Å². The highest BCUT2D eigenvalue weighted by molar-refractivity contribution is 6.04. The molecule has 3 amide bonds. The van der Waals surface area contributed by atoms with Crippen LogP contribution in [0.3, 0.4) is 0 Å². The maximum Gasteiger partial charge on any atom is 0.249 e. The number of nitrogens with zero attached hydrogens (tertiary/aromatic N) is 3. The number of hydrogen-bond acceptors (Lipinski definition) is 6. The van der Waals surface area contributed by atoms with Gasteiger partial charge in [0.15, 0.2) is 0 Å². The standard InChI is InChI=1S/C32H43N3O6/c1-6-40-23-14-12-22(13-15-23)33-19-10-16-31(5)24(27(33)37)25-28(38)34(18-8-7-9-21-36)26-29(39)35(30(2,3)4)20-11-17-32(25,26)41-31/h10-17,24-26,36H,6-9,18-21H2,1-5H3/t24-,25-,26?,31+,32-/m0/s1. The molecular formula is C32H43N3O6. The Bertz CT molecular complexity index is 1240. The highest BCUT2D eigenvalue weighted by Crippen LogP contribution is 2.57. The maximum atomic E-state index is 14.5. The molecular weight excluding hydrogens is 522 g/mol. The Morgan fingerprint density at radius 3 is 2.32 bits per heavy atom. The third-order valence-electron chi connectivity index (χ3n) is 8.88. The predicted molar refractivity (Wildman–Crippen MR) is 155 cm³/mol. The lowest BCUT2D eigenvalue weighted by atomic mass is 9.74. The first-order valence-corrected chi connectivity index (χ1v) is 14.8. The van der Waals surface area contributed by atoms with Crippen LogP contribution in [0.15, 0.2) is 48.6 Å². The molecule has 4 aliphatic rings. The van der Waals surface area contributed by atoms with Crippen molar-refractivity contribution in [1.82, 2.24) is 9.80 Å². The zero-order valence-corrected chi connectivity index (χ0v) is 24.8. The van der Waals surface area contributed by atoms with Gasteiger partial charge in [-0.3, -0.25) is 14.4 Å². The van der Waals surface area contributed by atoms with E-state index in [1.54, 1.807) is 14.7 Å². The number of benzene rings is 1. The van der Waals surface area contributed by atoms with E-state index in [2.05, 4.69) is 0 Å². The monoisotopic (exact) mass is 565 g/mol. The van der Waals surface area contributed by atoms with Crippen LogP contribution in [0, 0.1) is 11.8 Å². The largest absolute Gasteiger partial charge is 0.494 e. The molecule has 5 atom stereocenters. The second kappa shape index (κ2) is 10.9. The first-order chi connectivity index (χ1) is 19.5. The summed E-state index contributed by atoms with van der Waals surface area (Å²) in [6, 6.07) is 6.51. The number of amides is 3. The Morgan fingerprint density at radius 2 is 1.66 bits per heavy atom. The molecule has 4 heterocycles. The topological polar surface area (TPSA) is 99.6 Å². The summed E-state index contributed by atoms with van der Waals surface area (Å²) < 4.78 is 12.5. The van der Waals surface area contributed by atoms with Gasteiger partial charge in [-0.2, -0.15) is 0 Å². The fourth-order valence-electron chi connectivity index (χ4n) is 7.06. The number of anilines is 1. The van der Waals surface area contributed by atoms with Crippen LogP contribution in [0.1, 0.15) is 53.9 Å². The second-order valence-corrected chi connectivity index (χ2v) is 12.6. The van der Waals surface area contributed by atoms with Crippen molar-refractivity contribution in [1.29, 1.82) is 0 Å². The van der Waals surface area contributed by atoms with Crippen LogP contribution >= 0.6 is 0 Å². The van der Waals surface area contributed by atoms with Gasteiger partial charge in [0.2, 0.25) is 17.7 Å². The lowest BCUT2D eigenvalue weighted by molar-refractivity contribution is -0.154. The van der Waals surface area contributed by atoms with Crippen molar-refractivity contribution in [3.8, 4) is 5.75 Å². The molecule has 4 aliphatic heterocycles. The smallest absolute Gasteiger partial charge is 0.249 e. The summed E-state index contributed by atoms with van der Waals surface area (Å²) in [5, 5.41) is 9.28. The normalized spacial score (nSPS) is 31.2. The van der Waals surface area contributed by atoms with Crippen molar-refractivity contribution < 1.29 is 29.0 Å². The van der Waals surface area contributed by atoms with E-state index < -0.39 is 34.6 Å². The number of rotatable bonds is 8. The van der Waals surface area contributed by atoms with Crippen LogP contribution in [0.25, 0.3) is 0 Å². The van der Waals surface area contributed by atoms with E-state index in [0.717, 1.165) is 12.2 Å². The summed E-state index contributed by atoms with van der Waals surface area (Å²) in [6.45, 7) is 11.5. The molecule has 1 N–H and O–H groups in total. The quantitative estimate of drug-likeness (QED) is 0.384. The Labute approximate surface area is 242 Å². The van der Waals surface area contributed by atoms with Crippen molar-refractivity contribution in [2.24, 2.45) is 11.8 Å². The number of aliphatic hydroxyl groups is 1. The van der Waals surface area contributed by atoms with Gasteiger partial charge in [0.25, 0.3) is 0 Å². The van der Waals surface area contributed by atoms with Crippen molar-refractivity contribution in [2.75, 3.05) is 37.7 Å². The molecule has 1 aromatic rings. The van der Waals surface area contributed by atoms with Gasteiger partial charge >= 0.3 is 0 Å². The molecule has 222 valence electrons. The number of carbonyl (C=O) groups excluding carboxylic acids is 3. The molecule has 1 unspecified atom stereocenters. The summed E-state index contributed by atoms with van der Waals surface area (Å²) >= 11 is 0. The molecule has 1 aromatic carbocycles. The van der Waals surface area contributed by atoms with Gasteiger partial charge in [0, 0.05) is 37.5 Å². The summed E-state index contributed by atoms with van der Waals surface area (Å²) in [5.41, 5.74) is -2.10. The second-order valence-electron chi connectivity index (χ2n) is 12.6. The Morgan fingerprint density at radius 1 is 0.951 bits per heavy atom. The zero-order valence-electron chi connectivity index (χ0n) is 24.8. The van der Waals surface area contributed by atoms with Crippen LogP contribution in [0.5, 0.6) is 5.75 Å². The van der Waals surface area contributed by atoms with Gasteiger partial charge < -0.3 is 29.3 Å². The van der Waals surface area contributed by atoms with Crippen LogP contribution in [-0.4, -0.2) is 88.3 Å². The number of ether oxygens (including phenoxy) is 2. The average Bonchev–Trinajstić information content (AvgIpc) is 3.17. The average molecular weight is 566 g/mol. The Hall–Kier alpha value is -3.17. The van der Waals surface area contributed by atoms with Crippen molar-refractivity contribution in [3.63, 3.8) is 0 Å². The van der Waals surface area contributed by atoms with Gasteiger partial charge in [0.05, 0.1) is 24.0 Å². The number of carbonyl (C=O) groups is 3. The Kier molecular flexibility index (Phi) is 7.80. The zero-order chi connectivity index (χ0) is 29.6. The molecule has 41 heavy (non-hydrogen) atoms. The molecule has 0 aromatic heterocycles. The van der Waals surface area contributed by atoms with E-state index in [1.165, 1.54) is 0 Å². The summed E-state index contributed by atoms with van der Waals surface area (Å²) in [4.78, 5) is 48.4. The maximum absolute atomic E-state index is 14.5. The Balaban J connectivity index is 1.57. The molecule has 1 spiro atoms. The lowest BCUT2D eigenvalue weighted by Crippen LogP contribution is -2.59. The molecule has 2 saturated heterocycles. The fourth-order valence-corrected chi connectivity index (χ4v) is 7.06. The van der Waals surface area contributed by atoms with Crippen molar-refractivity contribution in [3.05, 3.63) is 48.6 Å². The van der Waals surface area contributed by atoms with Crippen LogP contribution in [0.4, 0.5) is 5.69 Å². The van der Waals surface area contributed by atoms with Crippen LogP contribution in [-0.2, 0) is 19.1 Å². The minimum absolute atomic E-state index is 0.0785. The highest BCUT2D eigenvalue weighted by atomic mass is 16.5. The SMILES string of the molecule is CCOc1ccc(N2CC=C[C@@]3(C)O[C@]45C=CCN(C(C)(C)C)C(=O)C4N(CCCCCO)C(=O)[C@@H]5[C@H]3C2=O)cc1. The molecule has 2 fully saturated rings. The number of unbranched alkanes of at least 4 members (excludes halogenated alkanes) is 2. The first kappa shape index (κ1) is 29.3. The van der Waals surface area contributed by atoms with Crippen molar-refractivity contribution >= 4 is 23.4 Å². The number of fused-ring (bicyclic) bond motifs is 2. The van der Waals surface area contributed by atoms with E-state index in [-0.39, 0.29) is 24.3 Å². The molecule has 0 aliphatic carbocycles. The third-order valence-corrected chi connectivity index (χ3v) is 8.88. The minimum Gasteiger partial charge on any atom is -0.494 e. The summed E-state index contributed by atoms with van der Waals surface area (Å²) in [5.74, 6) is -1.54. The van der Waals surface area contributed by atoms with E-state index in [9.17, 15) is 19.5 Å². The van der Waals surface area contributed by atoms with E-state index in [4.69, 9.17) is 9.47 Å². The summed E-state index contributed by atoms with van der Waals surface area (Å²) in [6.07, 6.45) is 9.63. The number of likely N-dealkylation sites (tertiary alicyclic amines) is 1. The molecule has 0 bridgehead atoms. The molecule has 9 nitrogen and oxygen atoms in total. The van der Waals surface area contributed by atoms with Crippen molar-refractivity contribution in [2.45, 2.75) is 76.7 Å². The van der Waals surface area contributed by atoms with Gasteiger partial charge in [0.1, 0.15) is 17.4 Å². The minimum atomic E-state index is -1.27. The number of hydrogen-bond donors (Lipinski definition) is 1. The van der Waals surface area contributed by atoms with Gasteiger partial charge in [-0.1, -0.05) is 24.3 Å². The van der Waals surface area contributed by atoms with Gasteiger partial charge in [-0.25, -0.2) is 0 Å². The third kappa shape index (κ3) is 4.87. The number of aliphatic hydroxyl groups excluding tert-OH is 1. The molecule has 5 rings (SSSR count).